The van der Waals surface area contributed by atoms with Crippen LogP contribution in [-0.2, 0) is 14.8 Å². The number of carbonyl (C=O) groups is 1. The van der Waals surface area contributed by atoms with Crippen LogP contribution < -0.4 is 10.6 Å². The van der Waals surface area contributed by atoms with Gasteiger partial charge in [0.05, 0.1) is 12.3 Å². The standard InChI is InChI=1S/C12H27N3O3S/c1-5-8-14-12(16)11(3)13-9-7-10-15(6-2)19(4,17)18/h11,13H,5-10H2,1-4H3,(H,14,16). The van der Waals surface area contributed by atoms with Crippen molar-refractivity contribution in [3.8, 4) is 0 Å². The summed E-state index contributed by atoms with van der Waals surface area (Å²) in [5.41, 5.74) is 0. The fourth-order valence-corrected chi connectivity index (χ4v) is 2.56. The van der Waals surface area contributed by atoms with Crippen molar-refractivity contribution in [2.75, 3.05) is 32.4 Å². The van der Waals surface area contributed by atoms with E-state index in [0.29, 0.717) is 32.6 Å². The van der Waals surface area contributed by atoms with Crippen molar-refractivity contribution in [2.24, 2.45) is 0 Å². The number of sulfonamides is 1. The molecule has 19 heavy (non-hydrogen) atoms. The Morgan fingerprint density at radius 2 is 1.89 bits per heavy atom. The molecule has 0 saturated carbocycles. The summed E-state index contributed by atoms with van der Waals surface area (Å²) in [6, 6.07) is -0.250. The first-order chi connectivity index (χ1) is 8.82. The minimum atomic E-state index is -3.12. The van der Waals surface area contributed by atoms with Crippen LogP contribution in [0.15, 0.2) is 0 Å². The predicted molar refractivity (Wildman–Crippen MR) is 77.5 cm³/mol. The van der Waals surface area contributed by atoms with Crippen LogP contribution in [0.1, 0.15) is 33.6 Å². The van der Waals surface area contributed by atoms with E-state index in [1.165, 1.54) is 10.6 Å². The van der Waals surface area contributed by atoms with Crippen molar-refractivity contribution >= 4 is 15.9 Å². The van der Waals surface area contributed by atoms with Crippen LogP contribution in [0.25, 0.3) is 0 Å². The lowest BCUT2D eigenvalue weighted by atomic mass is 10.3. The highest BCUT2D eigenvalue weighted by atomic mass is 32.2. The van der Waals surface area contributed by atoms with E-state index in [4.69, 9.17) is 0 Å². The minimum absolute atomic E-state index is 0.0164. The number of hydrogen-bond donors (Lipinski definition) is 2. The van der Waals surface area contributed by atoms with E-state index >= 15 is 0 Å². The van der Waals surface area contributed by atoms with Crippen LogP contribution in [0, 0.1) is 0 Å². The highest BCUT2D eigenvalue weighted by molar-refractivity contribution is 7.88. The second kappa shape index (κ2) is 9.28. The highest BCUT2D eigenvalue weighted by Crippen LogP contribution is 1.98. The van der Waals surface area contributed by atoms with E-state index in [0.717, 1.165) is 6.42 Å². The fourth-order valence-electron chi connectivity index (χ4n) is 1.63. The third-order valence-electron chi connectivity index (χ3n) is 2.80. The Hall–Kier alpha value is -0.660. The van der Waals surface area contributed by atoms with Gasteiger partial charge >= 0.3 is 0 Å². The first-order valence-corrected chi connectivity index (χ1v) is 8.64. The number of amides is 1. The molecule has 0 aromatic heterocycles. The van der Waals surface area contributed by atoms with Crippen molar-refractivity contribution in [1.82, 2.24) is 14.9 Å². The molecule has 1 unspecified atom stereocenters. The quantitative estimate of drug-likeness (QED) is 0.563. The van der Waals surface area contributed by atoms with Gasteiger partial charge in [0.2, 0.25) is 15.9 Å². The number of nitrogens with zero attached hydrogens (tertiary/aromatic N) is 1. The molecule has 0 radical (unpaired) electrons. The van der Waals surface area contributed by atoms with Crippen LogP contribution in [-0.4, -0.2) is 57.1 Å². The van der Waals surface area contributed by atoms with Gasteiger partial charge in [-0.1, -0.05) is 13.8 Å². The first-order valence-electron chi connectivity index (χ1n) is 6.79. The van der Waals surface area contributed by atoms with Gasteiger partial charge in [-0.15, -0.1) is 0 Å². The van der Waals surface area contributed by atoms with Crippen LogP contribution in [0.3, 0.4) is 0 Å². The van der Waals surface area contributed by atoms with Gasteiger partial charge in [-0.2, -0.15) is 0 Å². The topological polar surface area (TPSA) is 78.5 Å². The Bertz CT molecular complexity index is 357. The summed E-state index contributed by atoms with van der Waals surface area (Å²) in [4.78, 5) is 11.6. The van der Waals surface area contributed by atoms with Gasteiger partial charge in [-0.25, -0.2) is 12.7 Å². The Balaban J connectivity index is 3.88. The van der Waals surface area contributed by atoms with Gasteiger partial charge in [-0.05, 0) is 26.3 Å². The van der Waals surface area contributed by atoms with Crippen molar-refractivity contribution in [1.29, 1.82) is 0 Å². The second-order valence-corrected chi connectivity index (χ2v) is 6.56. The average Bonchev–Trinajstić information content (AvgIpc) is 2.33. The third kappa shape index (κ3) is 8.18. The molecule has 0 saturated heterocycles. The van der Waals surface area contributed by atoms with E-state index in [1.54, 1.807) is 6.92 Å². The average molecular weight is 293 g/mol. The summed E-state index contributed by atoms with van der Waals surface area (Å²) in [6.07, 6.45) is 2.81. The maximum absolute atomic E-state index is 11.6. The Kier molecular flexibility index (Phi) is 8.95. The maximum Gasteiger partial charge on any atom is 0.236 e. The smallest absolute Gasteiger partial charge is 0.236 e. The molecule has 7 heteroatoms. The molecule has 0 aliphatic carbocycles. The van der Waals surface area contributed by atoms with Gasteiger partial charge in [0.1, 0.15) is 0 Å². The van der Waals surface area contributed by atoms with E-state index in [-0.39, 0.29) is 11.9 Å². The molecule has 0 heterocycles. The lowest BCUT2D eigenvalue weighted by molar-refractivity contribution is -0.122. The number of nitrogens with one attached hydrogen (secondary N) is 2. The molecule has 2 N–H and O–H groups in total. The maximum atomic E-state index is 11.6. The molecular formula is C12H27N3O3S. The number of hydrogen-bond acceptors (Lipinski definition) is 4. The Labute approximate surface area is 117 Å². The van der Waals surface area contributed by atoms with Gasteiger partial charge in [0.15, 0.2) is 0 Å². The first kappa shape index (κ1) is 18.3. The number of carbonyl (C=O) groups excluding carboxylic acids is 1. The molecule has 0 aliphatic heterocycles. The van der Waals surface area contributed by atoms with E-state index in [9.17, 15) is 13.2 Å². The molecule has 1 amide bonds. The van der Waals surface area contributed by atoms with Crippen molar-refractivity contribution < 1.29 is 13.2 Å². The van der Waals surface area contributed by atoms with Crippen molar-refractivity contribution in [3.63, 3.8) is 0 Å². The fraction of sp³-hybridized carbons (Fsp3) is 0.917. The van der Waals surface area contributed by atoms with E-state index in [1.807, 2.05) is 13.8 Å². The summed E-state index contributed by atoms with van der Waals surface area (Å²) in [7, 11) is -3.12. The molecule has 0 spiro atoms. The summed E-state index contributed by atoms with van der Waals surface area (Å²) in [6.45, 7) is 7.88. The van der Waals surface area contributed by atoms with Crippen LogP contribution in [0.5, 0.6) is 0 Å². The molecule has 6 nitrogen and oxygen atoms in total. The highest BCUT2D eigenvalue weighted by Gasteiger charge is 2.14. The van der Waals surface area contributed by atoms with Crippen LogP contribution in [0.4, 0.5) is 0 Å². The van der Waals surface area contributed by atoms with Gasteiger partial charge in [0.25, 0.3) is 0 Å². The van der Waals surface area contributed by atoms with Crippen LogP contribution in [0.2, 0.25) is 0 Å². The summed E-state index contributed by atoms with van der Waals surface area (Å²) >= 11 is 0. The summed E-state index contributed by atoms with van der Waals surface area (Å²) in [5.74, 6) is -0.0164. The van der Waals surface area contributed by atoms with Crippen LogP contribution >= 0.6 is 0 Å². The lowest BCUT2D eigenvalue weighted by Crippen LogP contribution is -2.43. The number of rotatable bonds is 10. The molecule has 0 aromatic carbocycles. The zero-order valence-corrected chi connectivity index (χ0v) is 13.2. The van der Waals surface area contributed by atoms with Crippen molar-refractivity contribution in [3.05, 3.63) is 0 Å². The normalized spacial score (nSPS) is 13.5. The molecular weight excluding hydrogens is 266 g/mol. The Morgan fingerprint density at radius 3 is 2.37 bits per heavy atom. The molecule has 0 fully saturated rings. The van der Waals surface area contributed by atoms with E-state index in [2.05, 4.69) is 10.6 Å². The lowest BCUT2D eigenvalue weighted by Gasteiger charge is -2.18. The summed E-state index contributed by atoms with van der Waals surface area (Å²) < 4.78 is 24.1. The van der Waals surface area contributed by atoms with Crippen molar-refractivity contribution in [2.45, 2.75) is 39.7 Å². The molecule has 0 aliphatic rings. The predicted octanol–water partition coefficient (Wildman–Crippen LogP) is 0.162. The van der Waals surface area contributed by atoms with E-state index < -0.39 is 10.0 Å². The molecule has 0 aromatic rings. The SMILES string of the molecule is CCCNC(=O)C(C)NCCCN(CC)S(C)(=O)=O. The van der Waals surface area contributed by atoms with Gasteiger partial charge in [-0.3, -0.25) is 4.79 Å². The molecule has 1 atom stereocenters. The Morgan fingerprint density at radius 1 is 1.26 bits per heavy atom. The van der Waals surface area contributed by atoms with Gasteiger partial charge < -0.3 is 10.6 Å². The molecule has 114 valence electrons. The van der Waals surface area contributed by atoms with Gasteiger partial charge in [0, 0.05) is 19.6 Å². The molecule has 0 rings (SSSR count). The zero-order valence-electron chi connectivity index (χ0n) is 12.4. The zero-order chi connectivity index (χ0) is 14.9. The monoisotopic (exact) mass is 293 g/mol. The minimum Gasteiger partial charge on any atom is -0.355 e. The third-order valence-corrected chi connectivity index (χ3v) is 4.18. The largest absolute Gasteiger partial charge is 0.355 e. The summed E-state index contributed by atoms with van der Waals surface area (Å²) in [5, 5.41) is 5.90. The second-order valence-electron chi connectivity index (χ2n) is 4.58. The molecule has 0 bridgehead atoms.